The molecule has 4 aromatic rings. The van der Waals surface area contributed by atoms with Crippen molar-refractivity contribution in [2.75, 3.05) is 11.9 Å². The molecule has 0 spiro atoms. The molecule has 0 saturated heterocycles. The van der Waals surface area contributed by atoms with Gasteiger partial charge in [0.15, 0.2) is 5.65 Å². The van der Waals surface area contributed by atoms with Crippen molar-refractivity contribution in [2.45, 2.75) is 32.9 Å². The van der Waals surface area contributed by atoms with Crippen LogP contribution in [0.15, 0.2) is 47.4 Å². The molecular formula is C23H22Cl2N6O. The summed E-state index contributed by atoms with van der Waals surface area (Å²) < 4.78 is 3.37. The third-order valence-corrected chi connectivity index (χ3v) is 6.14. The Morgan fingerprint density at radius 2 is 1.97 bits per heavy atom. The highest BCUT2D eigenvalue weighted by molar-refractivity contribution is 6.35. The Hall–Kier alpha value is -2.87. The molecule has 1 aliphatic heterocycles. The van der Waals surface area contributed by atoms with Gasteiger partial charge in [0.05, 0.1) is 10.7 Å². The van der Waals surface area contributed by atoms with Gasteiger partial charge >= 0.3 is 0 Å². The summed E-state index contributed by atoms with van der Waals surface area (Å²) in [6.45, 7) is 5.72. The van der Waals surface area contributed by atoms with Gasteiger partial charge in [0.2, 0.25) is 5.95 Å². The van der Waals surface area contributed by atoms with Crippen LogP contribution in [0.25, 0.3) is 16.7 Å². The summed E-state index contributed by atoms with van der Waals surface area (Å²) >= 11 is 12.6. The highest BCUT2D eigenvalue weighted by Crippen LogP contribution is 2.28. The number of aromatic nitrogens is 4. The normalized spacial score (nSPS) is 13.5. The monoisotopic (exact) mass is 468 g/mol. The van der Waals surface area contributed by atoms with Crippen molar-refractivity contribution in [2.24, 2.45) is 0 Å². The zero-order chi connectivity index (χ0) is 22.4. The van der Waals surface area contributed by atoms with Gasteiger partial charge in [-0.05, 0) is 68.3 Å². The number of hydrogen-bond acceptors (Lipinski definition) is 5. The molecule has 5 rings (SSSR count). The summed E-state index contributed by atoms with van der Waals surface area (Å²) in [6, 6.07) is 11.3. The molecule has 0 fully saturated rings. The zero-order valence-corrected chi connectivity index (χ0v) is 19.2. The first-order valence-corrected chi connectivity index (χ1v) is 11.2. The minimum Gasteiger partial charge on any atom is -0.324 e. The van der Waals surface area contributed by atoms with E-state index in [4.69, 9.17) is 28.2 Å². The molecule has 2 N–H and O–H groups in total. The third-order valence-electron chi connectivity index (χ3n) is 5.60. The fourth-order valence-corrected chi connectivity index (χ4v) is 4.59. The van der Waals surface area contributed by atoms with E-state index in [0.29, 0.717) is 32.7 Å². The van der Waals surface area contributed by atoms with E-state index >= 15 is 0 Å². The van der Waals surface area contributed by atoms with Gasteiger partial charge in [-0.1, -0.05) is 29.3 Å². The number of fused-ring (bicyclic) bond motifs is 2. The maximum absolute atomic E-state index is 13.1. The second-order valence-corrected chi connectivity index (χ2v) is 8.96. The number of benzene rings is 2. The summed E-state index contributed by atoms with van der Waals surface area (Å²) in [5, 5.41) is 8.04. The van der Waals surface area contributed by atoms with Crippen LogP contribution in [0, 0.1) is 0 Å². The van der Waals surface area contributed by atoms with Crippen molar-refractivity contribution < 1.29 is 0 Å². The average Bonchev–Trinajstić information content (AvgIpc) is 3.05. The van der Waals surface area contributed by atoms with Crippen LogP contribution in [0.5, 0.6) is 0 Å². The van der Waals surface area contributed by atoms with Gasteiger partial charge in [0, 0.05) is 29.5 Å². The lowest BCUT2D eigenvalue weighted by Gasteiger charge is -2.18. The summed E-state index contributed by atoms with van der Waals surface area (Å²) in [5.41, 5.74) is 4.44. The molecular weight excluding hydrogens is 447 g/mol. The standard InChI is InChI=1S/C23H22Cl2N6O/c1-13(2)30-22(32)18-12-27-23(28-17-5-3-14-7-8-26-11-15(14)9-17)29-21(18)31(30)20-6-4-16(24)10-19(20)25/h3-6,9-10,12-13,26H,7-8,11H2,1-2H3,(H,27,28,29). The van der Waals surface area contributed by atoms with Crippen LogP contribution in [-0.4, -0.2) is 25.9 Å². The maximum Gasteiger partial charge on any atom is 0.278 e. The second kappa shape index (κ2) is 8.24. The second-order valence-electron chi connectivity index (χ2n) is 8.12. The van der Waals surface area contributed by atoms with Gasteiger partial charge in [0.1, 0.15) is 5.39 Å². The van der Waals surface area contributed by atoms with E-state index in [1.165, 1.54) is 11.1 Å². The highest BCUT2D eigenvalue weighted by atomic mass is 35.5. The average molecular weight is 469 g/mol. The Bertz CT molecular complexity index is 1390. The molecule has 0 saturated carbocycles. The van der Waals surface area contributed by atoms with Crippen LogP contribution in [0.1, 0.15) is 31.0 Å². The van der Waals surface area contributed by atoms with Crippen LogP contribution in [0.3, 0.4) is 0 Å². The first kappa shape index (κ1) is 21.0. The smallest absolute Gasteiger partial charge is 0.278 e. The van der Waals surface area contributed by atoms with Gasteiger partial charge < -0.3 is 10.6 Å². The fraction of sp³-hybridized carbons (Fsp3) is 0.261. The SMILES string of the molecule is CC(C)n1c(=O)c2cnc(Nc3ccc4c(c3)CNCC4)nc2n1-c1ccc(Cl)cc1Cl. The fourth-order valence-electron chi connectivity index (χ4n) is 4.10. The number of halogens is 2. The van der Waals surface area contributed by atoms with Gasteiger partial charge in [-0.2, -0.15) is 4.98 Å². The van der Waals surface area contributed by atoms with E-state index in [1.54, 1.807) is 33.8 Å². The van der Waals surface area contributed by atoms with Gasteiger partial charge in [-0.15, -0.1) is 0 Å². The molecule has 164 valence electrons. The number of nitrogens with one attached hydrogen (secondary N) is 2. The summed E-state index contributed by atoms with van der Waals surface area (Å²) in [5.74, 6) is 0.404. The first-order chi connectivity index (χ1) is 15.4. The molecule has 0 bridgehead atoms. The van der Waals surface area contributed by atoms with E-state index in [0.717, 1.165) is 25.2 Å². The molecule has 1 aliphatic rings. The quantitative estimate of drug-likeness (QED) is 0.447. The molecule has 3 heterocycles. The molecule has 0 amide bonds. The largest absolute Gasteiger partial charge is 0.324 e. The molecule has 7 nitrogen and oxygen atoms in total. The molecule has 0 radical (unpaired) electrons. The molecule has 2 aromatic carbocycles. The van der Waals surface area contributed by atoms with Crippen molar-refractivity contribution in [3.05, 3.63) is 74.1 Å². The topological polar surface area (TPSA) is 76.8 Å². The lowest BCUT2D eigenvalue weighted by Crippen LogP contribution is -2.24. The zero-order valence-electron chi connectivity index (χ0n) is 17.7. The van der Waals surface area contributed by atoms with Gasteiger partial charge in [0.25, 0.3) is 5.56 Å². The van der Waals surface area contributed by atoms with Crippen LogP contribution < -0.4 is 16.2 Å². The van der Waals surface area contributed by atoms with Gasteiger partial charge in [-0.3, -0.25) is 4.79 Å². The minimum absolute atomic E-state index is 0.118. The number of anilines is 2. The third kappa shape index (κ3) is 3.66. The van der Waals surface area contributed by atoms with Crippen LogP contribution in [-0.2, 0) is 13.0 Å². The number of nitrogens with zero attached hydrogens (tertiary/aromatic N) is 4. The molecule has 9 heteroatoms. The molecule has 0 aliphatic carbocycles. The lowest BCUT2D eigenvalue weighted by atomic mass is 10.0. The Balaban J connectivity index is 1.64. The Kier molecular flexibility index (Phi) is 5.41. The van der Waals surface area contributed by atoms with E-state index < -0.39 is 0 Å². The summed E-state index contributed by atoms with van der Waals surface area (Å²) in [6.07, 6.45) is 2.58. The van der Waals surface area contributed by atoms with Crippen molar-refractivity contribution in [1.82, 2.24) is 24.6 Å². The minimum atomic E-state index is -0.174. The first-order valence-electron chi connectivity index (χ1n) is 10.5. The van der Waals surface area contributed by atoms with E-state index in [2.05, 4.69) is 27.8 Å². The summed E-state index contributed by atoms with van der Waals surface area (Å²) in [7, 11) is 0. The van der Waals surface area contributed by atoms with E-state index in [9.17, 15) is 4.79 Å². The van der Waals surface area contributed by atoms with E-state index in [1.807, 2.05) is 19.9 Å². The Morgan fingerprint density at radius 1 is 1.12 bits per heavy atom. The Morgan fingerprint density at radius 3 is 2.75 bits per heavy atom. The highest BCUT2D eigenvalue weighted by Gasteiger charge is 2.21. The van der Waals surface area contributed by atoms with Crippen LogP contribution in [0.2, 0.25) is 10.0 Å². The van der Waals surface area contributed by atoms with Crippen molar-refractivity contribution in [1.29, 1.82) is 0 Å². The Labute approximate surface area is 195 Å². The predicted molar refractivity (Wildman–Crippen MR) is 129 cm³/mol. The van der Waals surface area contributed by atoms with E-state index in [-0.39, 0.29) is 11.6 Å². The molecule has 2 aromatic heterocycles. The van der Waals surface area contributed by atoms with Crippen molar-refractivity contribution in [3.63, 3.8) is 0 Å². The lowest BCUT2D eigenvalue weighted by molar-refractivity contribution is 0.476. The van der Waals surface area contributed by atoms with Gasteiger partial charge in [-0.25, -0.2) is 14.3 Å². The molecule has 0 atom stereocenters. The number of rotatable bonds is 4. The maximum atomic E-state index is 13.1. The van der Waals surface area contributed by atoms with Crippen molar-refractivity contribution >= 4 is 45.9 Å². The molecule has 0 unspecified atom stereocenters. The van der Waals surface area contributed by atoms with Crippen LogP contribution in [0.4, 0.5) is 11.6 Å². The predicted octanol–water partition coefficient (Wildman–Crippen LogP) is 4.86. The molecule has 32 heavy (non-hydrogen) atoms. The number of hydrogen-bond donors (Lipinski definition) is 2. The van der Waals surface area contributed by atoms with Crippen LogP contribution >= 0.6 is 23.2 Å². The summed E-state index contributed by atoms with van der Waals surface area (Å²) in [4.78, 5) is 22.2. The van der Waals surface area contributed by atoms with Crippen molar-refractivity contribution in [3.8, 4) is 5.69 Å².